The average molecular weight is 283 g/mol. The van der Waals surface area contributed by atoms with Crippen LogP contribution in [-0.4, -0.2) is 43.6 Å². The highest BCUT2D eigenvalue weighted by molar-refractivity contribution is 7.89. The lowest BCUT2D eigenvalue weighted by atomic mass is 10.2. The van der Waals surface area contributed by atoms with Crippen LogP contribution in [0.3, 0.4) is 0 Å². The van der Waals surface area contributed by atoms with Gasteiger partial charge in [-0.2, -0.15) is 4.31 Å². The predicted molar refractivity (Wildman–Crippen MR) is 69.6 cm³/mol. The largest absolute Gasteiger partial charge is 0.493 e. The number of hydrogen-bond donors (Lipinski definition) is 1. The molecule has 0 saturated carbocycles. The monoisotopic (exact) mass is 283 g/mol. The number of aliphatic hydroxyl groups excluding tert-OH is 1. The van der Waals surface area contributed by atoms with E-state index >= 15 is 0 Å². The lowest BCUT2D eigenvalue weighted by Gasteiger charge is -2.22. The fourth-order valence-corrected chi connectivity index (χ4v) is 4.50. The Hall–Kier alpha value is -1.11. The number of hydrogen-bond acceptors (Lipinski definition) is 4. The van der Waals surface area contributed by atoms with E-state index in [1.807, 2.05) is 0 Å². The summed E-state index contributed by atoms with van der Waals surface area (Å²) in [5.41, 5.74) is 0.945. The maximum atomic E-state index is 12.6. The van der Waals surface area contributed by atoms with Crippen molar-refractivity contribution in [1.82, 2.24) is 4.31 Å². The average Bonchev–Trinajstić information content (AvgIpc) is 3.06. The molecular formula is C13H17NO4S. The van der Waals surface area contributed by atoms with Crippen LogP contribution < -0.4 is 4.74 Å². The van der Waals surface area contributed by atoms with Crippen LogP contribution in [0.15, 0.2) is 23.1 Å². The lowest BCUT2D eigenvalue weighted by Crippen LogP contribution is -2.37. The Balaban J connectivity index is 1.96. The Morgan fingerprint density at radius 2 is 2.26 bits per heavy atom. The molecule has 1 unspecified atom stereocenters. The van der Waals surface area contributed by atoms with E-state index in [2.05, 4.69) is 0 Å². The summed E-state index contributed by atoms with van der Waals surface area (Å²) in [6, 6.07) is 4.73. The van der Waals surface area contributed by atoms with Crippen molar-refractivity contribution in [3.63, 3.8) is 0 Å². The SMILES string of the molecule is O=S(=O)(c1ccc2c(c1)CCO2)N1CCCC1CO. The third kappa shape index (κ3) is 2.13. The molecule has 0 bridgehead atoms. The first-order valence-corrected chi connectivity index (χ1v) is 7.95. The van der Waals surface area contributed by atoms with Gasteiger partial charge >= 0.3 is 0 Å². The molecule has 1 saturated heterocycles. The Kier molecular flexibility index (Phi) is 3.24. The molecule has 5 nitrogen and oxygen atoms in total. The zero-order valence-corrected chi connectivity index (χ0v) is 11.4. The second kappa shape index (κ2) is 4.77. The summed E-state index contributed by atoms with van der Waals surface area (Å²) in [7, 11) is -3.50. The minimum Gasteiger partial charge on any atom is -0.493 e. The third-order valence-corrected chi connectivity index (χ3v) is 5.75. The van der Waals surface area contributed by atoms with E-state index in [9.17, 15) is 13.5 Å². The van der Waals surface area contributed by atoms with E-state index in [1.165, 1.54) is 4.31 Å². The molecule has 2 heterocycles. The molecule has 0 aromatic heterocycles. The van der Waals surface area contributed by atoms with Gasteiger partial charge in [-0.3, -0.25) is 0 Å². The fourth-order valence-electron chi connectivity index (χ4n) is 2.77. The zero-order valence-electron chi connectivity index (χ0n) is 10.6. The van der Waals surface area contributed by atoms with Crippen molar-refractivity contribution in [3.8, 4) is 5.75 Å². The van der Waals surface area contributed by atoms with Crippen molar-refractivity contribution in [2.45, 2.75) is 30.2 Å². The number of ether oxygens (including phenoxy) is 1. The molecule has 1 N–H and O–H groups in total. The molecule has 1 fully saturated rings. The maximum absolute atomic E-state index is 12.6. The minimum absolute atomic E-state index is 0.118. The van der Waals surface area contributed by atoms with Crippen LogP contribution in [0, 0.1) is 0 Å². The van der Waals surface area contributed by atoms with Gasteiger partial charge in [-0.25, -0.2) is 8.42 Å². The summed E-state index contributed by atoms with van der Waals surface area (Å²) in [4.78, 5) is 0.303. The normalized spacial score (nSPS) is 23.3. The minimum atomic E-state index is -3.50. The van der Waals surface area contributed by atoms with Gasteiger partial charge in [-0.1, -0.05) is 0 Å². The van der Waals surface area contributed by atoms with Crippen molar-refractivity contribution >= 4 is 10.0 Å². The molecule has 3 rings (SSSR count). The van der Waals surface area contributed by atoms with E-state index in [0.717, 1.165) is 30.6 Å². The van der Waals surface area contributed by atoms with Crippen molar-refractivity contribution in [2.75, 3.05) is 19.8 Å². The van der Waals surface area contributed by atoms with Gasteiger partial charge in [0.25, 0.3) is 0 Å². The molecule has 0 amide bonds. The van der Waals surface area contributed by atoms with Crippen LogP contribution in [0.5, 0.6) is 5.75 Å². The predicted octanol–water partition coefficient (Wildman–Crippen LogP) is 0.767. The quantitative estimate of drug-likeness (QED) is 0.889. The second-order valence-corrected chi connectivity index (χ2v) is 6.85. The van der Waals surface area contributed by atoms with E-state index in [4.69, 9.17) is 4.74 Å². The summed E-state index contributed by atoms with van der Waals surface area (Å²) in [6.45, 7) is 0.982. The van der Waals surface area contributed by atoms with Gasteiger partial charge in [0.15, 0.2) is 0 Å². The number of aliphatic hydroxyl groups is 1. The lowest BCUT2D eigenvalue weighted by molar-refractivity contribution is 0.213. The molecule has 2 aliphatic heterocycles. The first kappa shape index (κ1) is 12.9. The van der Waals surface area contributed by atoms with Crippen molar-refractivity contribution in [2.24, 2.45) is 0 Å². The summed E-state index contributed by atoms with van der Waals surface area (Å²) in [5, 5.41) is 9.28. The zero-order chi connectivity index (χ0) is 13.5. The summed E-state index contributed by atoms with van der Waals surface area (Å²) < 4.78 is 32.0. The first-order chi connectivity index (χ1) is 9.13. The van der Waals surface area contributed by atoms with E-state index in [1.54, 1.807) is 18.2 Å². The number of nitrogens with zero attached hydrogens (tertiary/aromatic N) is 1. The fraction of sp³-hybridized carbons (Fsp3) is 0.538. The first-order valence-electron chi connectivity index (χ1n) is 6.51. The maximum Gasteiger partial charge on any atom is 0.243 e. The Bertz CT molecular complexity index is 584. The Morgan fingerprint density at radius 1 is 1.42 bits per heavy atom. The van der Waals surface area contributed by atoms with Crippen LogP contribution in [0.1, 0.15) is 18.4 Å². The third-order valence-electron chi connectivity index (χ3n) is 3.80. The number of fused-ring (bicyclic) bond motifs is 1. The smallest absolute Gasteiger partial charge is 0.243 e. The van der Waals surface area contributed by atoms with Crippen LogP contribution in [0.25, 0.3) is 0 Å². The van der Waals surface area contributed by atoms with E-state index in [0.29, 0.717) is 18.0 Å². The van der Waals surface area contributed by atoms with Gasteiger partial charge in [0, 0.05) is 19.0 Å². The van der Waals surface area contributed by atoms with Gasteiger partial charge in [0.1, 0.15) is 5.75 Å². The Labute approximate surface area is 112 Å². The molecule has 0 aliphatic carbocycles. The Morgan fingerprint density at radius 3 is 3.05 bits per heavy atom. The standard InChI is InChI=1S/C13H17NO4S/c15-9-11-2-1-6-14(11)19(16,17)12-3-4-13-10(8-12)5-7-18-13/h3-4,8,11,15H,1-2,5-7,9H2. The van der Waals surface area contributed by atoms with Gasteiger partial charge in [-0.05, 0) is 36.6 Å². The van der Waals surface area contributed by atoms with Crippen LogP contribution in [0.2, 0.25) is 0 Å². The highest BCUT2D eigenvalue weighted by Crippen LogP contribution is 2.31. The number of benzene rings is 1. The molecule has 19 heavy (non-hydrogen) atoms. The van der Waals surface area contributed by atoms with E-state index in [-0.39, 0.29) is 12.6 Å². The summed E-state index contributed by atoms with van der Waals surface area (Å²) in [5.74, 6) is 0.777. The van der Waals surface area contributed by atoms with Crippen molar-refractivity contribution in [3.05, 3.63) is 23.8 Å². The molecule has 1 atom stereocenters. The van der Waals surface area contributed by atoms with Gasteiger partial charge in [-0.15, -0.1) is 0 Å². The van der Waals surface area contributed by atoms with E-state index < -0.39 is 10.0 Å². The van der Waals surface area contributed by atoms with Crippen molar-refractivity contribution < 1.29 is 18.3 Å². The van der Waals surface area contributed by atoms with Crippen LogP contribution in [0.4, 0.5) is 0 Å². The number of rotatable bonds is 3. The highest BCUT2D eigenvalue weighted by atomic mass is 32.2. The molecule has 0 radical (unpaired) electrons. The summed E-state index contributed by atoms with van der Waals surface area (Å²) >= 11 is 0. The van der Waals surface area contributed by atoms with Crippen molar-refractivity contribution in [1.29, 1.82) is 0 Å². The van der Waals surface area contributed by atoms with Gasteiger partial charge in [0.2, 0.25) is 10.0 Å². The van der Waals surface area contributed by atoms with Gasteiger partial charge in [0.05, 0.1) is 18.1 Å². The highest BCUT2D eigenvalue weighted by Gasteiger charge is 2.35. The molecule has 104 valence electrons. The molecular weight excluding hydrogens is 266 g/mol. The topological polar surface area (TPSA) is 66.8 Å². The molecule has 2 aliphatic rings. The number of sulfonamides is 1. The van der Waals surface area contributed by atoms with Gasteiger partial charge < -0.3 is 9.84 Å². The molecule has 0 spiro atoms. The molecule has 1 aromatic carbocycles. The summed E-state index contributed by atoms with van der Waals surface area (Å²) in [6.07, 6.45) is 2.28. The van der Waals surface area contributed by atoms with Crippen LogP contribution >= 0.6 is 0 Å². The molecule has 1 aromatic rings. The second-order valence-electron chi connectivity index (χ2n) is 4.96. The van der Waals surface area contributed by atoms with Crippen LogP contribution in [-0.2, 0) is 16.4 Å². The molecule has 6 heteroatoms.